The molecule has 1 aromatic carbocycles. The van der Waals surface area contributed by atoms with Gasteiger partial charge < -0.3 is 5.73 Å². The summed E-state index contributed by atoms with van der Waals surface area (Å²) in [6.07, 6.45) is 0. The van der Waals surface area contributed by atoms with E-state index in [4.69, 9.17) is 17.3 Å². The largest absolute Gasteiger partial charge is 0.326 e. The predicted molar refractivity (Wildman–Crippen MR) is 77.7 cm³/mol. The highest BCUT2D eigenvalue weighted by Crippen LogP contribution is 2.20. The Morgan fingerprint density at radius 3 is 2.74 bits per heavy atom. The van der Waals surface area contributed by atoms with Crippen molar-refractivity contribution in [1.82, 2.24) is 4.72 Å². The van der Waals surface area contributed by atoms with Gasteiger partial charge in [-0.05, 0) is 46.2 Å². The van der Waals surface area contributed by atoms with Crippen molar-refractivity contribution in [3.63, 3.8) is 0 Å². The van der Waals surface area contributed by atoms with E-state index in [0.717, 1.165) is 5.56 Å². The number of thiophene rings is 1. The predicted octanol–water partition coefficient (Wildman–Crippen LogP) is 2.34. The third-order valence-corrected chi connectivity index (χ3v) is 5.09. The highest BCUT2D eigenvalue weighted by molar-refractivity contribution is 7.89. The van der Waals surface area contributed by atoms with Gasteiger partial charge in [-0.25, -0.2) is 13.1 Å². The minimum atomic E-state index is -3.55. The fraction of sp³-hybridized carbons (Fsp3) is 0.167. The molecule has 1 heterocycles. The minimum Gasteiger partial charge on any atom is -0.326 e. The molecule has 0 aliphatic rings. The molecule has 0 spiro atoms. The molecule has 0 fully saturated rings. The number of nitrogens with one attached hydrogen (secondary N) is 1. The van der Waals surface area contributed by atoms with Crippen LogP contribution in [-0.2, 0) is 23.1 Å². The summed E-state index contributed by atoms with van der Waals surface area (Å²) in [5.74, 6) is 0. The van der Waals surface area contributed by atoms with Gasteiger partial charge in [-0.2, -0.15) is 11.3 Å². The van der Waals surface area contributed by atoms with Crippen LogP contribution >= 0.6 is 22.9 Å². The van der Waals surface area contributed by atoms with Gasteiger partial charge in [0, 0.05) is 18.1 Å². The monoisotopic (exact) mass is 316 g/mol. The topological polar surface area (TPSA) is 72.2 Å². The van der Waals surface area contributed by atoms with Gasteiger partial charge in [-0.3, -0.25) is 0 Å². The second kappa shape index (κ2) is 6.02. The van der Waals surface area contributed by atoms with Crippen molar-refractivity contribution < 1.29 is 8.42 Å². The third-order valence-electron chi connectivity index (χ3n) is 2.59. The molecule has 0 aliphatic carbocycles. The molecule has 1 aromatic heterocycles. The molecule has 19 heavy (non-hydrogen) atoms. The first-order chi connectivity index (χ1) is 9.03. The fourth-order valence-electron chi connectivity index (χ4n) is 1.53. The van der Waals surface area contributed by atoms with Crippen molar-refractivity contribution in [2.45, 2.75) is 18.0 Å². The normalized spacial score (nSPS) is 11.7. The summed E-state index contributed by atoms with van der Waals surface area (Å²) in [5, 5.41) is 4.27. The Hall–Kier alpha value is -0.920. The zero-order valence-corrected chi connectivity index (χ0v) is 12.4. The Labute approximate surface area is 121 Å². The number of halogens is 1. The Morgan fingerprint density at radius 1 is 1.32 bits per heavy atom. The number of sulfonamides is 1. The van der Waals surface area contributed by atoms with E-state index >= 15 is 0 Å². The number of hydrogen-bond donors (Lipinski definition) is 2. The van der Waals surface area contributed by atoms with Crippen molar-refractivity contribution >= 4 is 33.0 Å². The molecule has 0 aliphatic heterocycles. The second-order valence-electron chi connectivity index (χ2n) is 3.91. The molecule has 7 heteroatoms. The molecule has 2 rings (SSSR count). The van der Waals surface area contributed by atoms with Gasteiger partial charge in [-0.1, -0.05) is 11.6 Å². The van der Waals surface area contributed by atoms with Crippen LogP contribution in [0.1, 0.15) is 11.1 Å². The molecule has 0 bridgehead atoms. The van der Waals surface area contributed by atoms with Crippen LogP contribution in [-0.4, -0.2) is 8.42 Å². The molecule has 0 atom stereocenters. The number of hydrogen-bond acceptors (Lipinski definition) is 4. The molecule has 102 valence electrons. The molecule has 0 unspecified atom stereocenters. The number of nitrogens with two attached hydrogens (primary N) is 1. The van der Waals surface area contributed by atoms with Gasteiger partial charge in [0.05, 0.1) is 4.90 Å². The van der Waals surface area contributed by atoms with Crippen LogP contribution in [0.2, 0.25) is 5.02 Å². The van der Waals surface area contributed by atoms with Crippen LogP contribution in [0.15, 0.2) is 39.9 Å². The SMILES string of the molecule is NCc1cc(S(=O)(=O)NCc2ccsc2)ccc1Cl. The van der Waals surface area contributed by atoms with E-state index < -0.39 is 10.0 Å². The average Bonchev–Trinajstić information content (AvgIpc) is 2.90. The lowest BCUT2D eigenvalue weighted by atomic mass is 10.2. The van der Waals surface area contributed by atoms with Crippen molar-refractivity contribution in [3.05, 3.63) is 51.2 Å². The fourth-order valence-corrected chi connectivity index (χ4v) is 3.46. The molecular formula is C12H13ClN2O2S2. The van der Waals surface area contributed by atoms with Gasteiger partial charge in [0.2, 0.25) is 10.0 Å². The van der Waals surface area contributed by atoms with Crippen molar-refractivity contribution in [2.75, 3.05) is 0 Å². The first-order valence-electron chi connectivity index (χ1n) is 5.52. The van der Waals surface area contributed by atoms with Gasteiger partial charge in [0.25, 0.3) is 0 Å². The van der Waals surface area contributed by atoms with Crippen molar-refractivity contribution in [2.24, 2.45) is 5.73 Å². The lowest BCUT2D eigenvalue weighted by Gasteiger charge is -2.08. The summed E-state index contributed by atoms with van der Waals surface area (Å²) in [6.45, 7) is 0.471. The van der Waals surface area contributed by atoms with Crippen LogP contribution in [0.25, 0.3) is 0 Å². The van der Waals surface area contributed by atoms with Crippen LogP contribution in [0.5, 0.6) is 0 Å². The Kier molecular flexibility index (Phi) is 4.59. The van der Waals surface area contributed by atoms with Crippen LogP contribution < -0.4 is 10.5 Å². The van der Waals surface area contributed by atoms with E-state index in [2.05, 4.69) is 4.72 Å². The van der Waals surface area contributed by atoms with E-state index in [0.29, 0.717) is 10.6 Å². The maximum absolute atomic E-state index is 12.1. The first-order valence-corrected chi connectivity index (χ1v) is 8.32. The van der Waals surface area contributed by atoms with E-state index in [1.54, 1.807) is 6.07 Å². The smallest absolute Gasteiger partial charge is 0.240 e. The Bertz CT molecular complexity index is 654. The maximum atomic E-state index is 12.1. The molecule has 0 saturated carbocycles. The van der Waals surface area contributed by atoms with E-state index in [1.165, 1.54) is 23.5 Å². The van der Waals surface area contributed by atoms with Crippen LogP contribution in [0.4, 0.5) is 0 Å². The summed E-state index contributed by atoms with van der Waals surface area (Å²) in [4.78, 5) is 0.174. The Balaban J connectivity index is 2.19. The molecule has 0 saturated heterocycles. The van der Waals surface area contributed by atoms with E-state index in [1.807, 2.05) is 16.8 Å². The van der Waals surface area contributed by atoms with Crippen LogP contribution in [0.3, 0.4) is 0 Å². The molecule has 3 N–H and O–H groups in total. The lowest BCUT2D eigenvalue weighted by Crippen LogP contribution is -2.23. The molecule has 0 radical (unpaired) electrons. The molecular weight excluding hydrogens is 304 g/mol. The number of benzene rings is 1. The van der Waals surface area contributed by atoms with Gasteiger partial charge in [0.15, 0.2) is 0 Å². The summed E-state index contributed by atoms with van der Waals surface area (Å²) < 4.78 is 26.8. The highest BCUT2D eigenvalue weighted by Gasteiger charge is 2.15. The summed E-state index contributed by atoms with van der Waals surface area (Å²) >= 11 is 7.44. The molecule has 2 aromatic rings. The standard InChI is InChI=1S/C12H13ClN2O2S2/c13-12-2-1-11(5-10(12)6-14)19(16,17)15-7-9-3-4-18-8-9/h1-5,8,15H,6-7,14H2. The van der Waals surface area contributed by atoms with Crippen molar-refractivity contribution in [1.29, 1.82) is 0 Å². The highest BCUT2D eigenvalue weighted by atomic mass is 35.5. The van der Waals surface area contributed by atoms with Crippen molar-refractivity contribution in [3.8, 4) is 0 Å². The number of rotatable bonds is 5. The zero-order chi connectivity index (χ0) is 13.9. The minimum absolute atomic E-state index is 0.174. The Morgan fingerprint density at radius 2 is 2.11 bits per heavy atom. The average molecular weight is 317 g/mol. The van der Waals surface area contributed by atoms with Gasteiger partial charge >= 0.3 is 0 Å². The van der Waals surface area contributed by atoms with Crippen LogP contribution in [0, 0.1) is 0 Å². The first kappa shape index (κ1) is 14.5. The lowest BCUT2D eigenvalue weighted by molar-refractivity contribution is 0.581. The zero-order valence-electron chi connectivity index (χ0n) is 9.97. The van der Waals surface area contributed by atoms with Gasteiger partial charge in [0.1, 0.15) is 0 Å². The quantitative estimate of drug-likeness (QED) is 0.889. The second-order valence-corrected chi connectivity index (χ2v) is 6.87. The van der Waals surface area contributed by atoms with E-state index in [9.17, 15) is 8.42 Å². The summed E-state index contributed by atoms with van der Waals surface area (Å²) in [6, 6.07) is 6.39. The third kappa shape index (κ3) is 3.55. The molecule has 0 amide bonds. The maximum Gasteiger partial charge on any atom is 0.240 e. The molecule has 4 nitrogen and oxygen atoms in total. The summed E-state index contributed by atoms with van der Waals surface area (Å²) in [7, 11) is -3.55. The van der Waals surface area contributed by atoms with E-state index in [-0.39, 0.29) is 18.0 Å². The van der Waals surface area contributed by atoms with Gasteiger partial charge in [-0.15, -0.1) is 0 Å². The summed E-state index contributed by atoms with van der Waals surface area (Å²) in [5.41, 5.74) is 7.06.